The minimum Gasteiger partial charge on any atom is -0.338 e. The summed E-state index contributed by atoms with van der Waals surface area (Å²) in [5.74, 6) is 0.609. The van der Waals surface area contributed by atoms with Crippen molar-refractivity contribution in [3.05, 3.63) is 63.0 Å². The molecule has 1 N–H and O–H groups in total. The first kappa shape index (κ1) is 16.0. The van der Waals surface area contributed by atoms with Crippen LogP contribution in [0.3, 0.4) is 0 Å². The Balaban J connectivity index is 1.59. The molecule has 2 aromatic heterocycles. The molecule has 1 amide bonds. The number of nitrogens with zero attached hydrogens (tertiary/aromatic N) is 2. The molecule has 0 spiro atoms. The Bertz CT molecular complexity index is 1020. The zero-order chi connectivity index (χ0) is 17.6. The van der Waals surface area contributed by atoms with Crippen LogP contribution in [0, 0.1) is 6.92 Å². The Morgan fingerprint density at radius 3 is 2.88 bits per heavy atom. The van der Waals surface area contributed by atoms with E-state index in [2.05, 4.69) is 16.0 Å². The van der Waals surface area contributed by atoms with Gasteiger partial charge in [0.2, 0.25) is 5.91 Å². The average molecular weight is 353 g/mol. The summed E-state index contributed by atoms with van der Waals surface area (Å²) in [6.45, 7) is 2.34. The molecule has 0 atom stereocenters. The SMILES string of the molecule is Cc1cccc(C2(C(=O)N(C)Cc3nc4ccsc4c(=O)[nH]3)CC2)c1. The van der Waals surface area contributed by atoms with Crippen molar-refractivity contribution in [2.45, 2.75) is 31.7 Å². The first-order chi connectivity index (χ1) is 12.0. The van der Waals surface area contributed by atoms with Gasteiger partial charge < -0.3 is 9.88 Å². The molecule has 1 saturated carbocycles. The molecule has 6 heteroatoms. The second-order valence-corrected chi connectivity index (χ2v) is 7.68. The van der Waals surface area contributed by atoms with E-state index in [1.807, 2.05) is 36.6 Å². The lowest BCUT2D eigenvalue weighted by Crippen LogP contribution is -2.37. The van der Waals surface area contributed by atoms with Crippen LogP contribution >= 0.6 is 11.3 Å². The van der Waals surface area contributed by atoms with E-state index in [9.17, 15) is 9.59 Å². The molecule has 128 valence electrons. The lowest BCUT2D eigenvalue weighted by atomic mass is 9.93. The van der Waals surface area contributed by atoms with Crippen LogP contribution in [0.2, 0.25) is 0 Å². The summed E-state index contributed by atoms with van der Waals surface area (Å²) < 4.78 is 0.621. The van der Waals surface area contributed by atoms with Crippen molar-refractivity contribution in [3.8, 4) is 0 Å². The number of carbonyl (C=O) groups is 1. The number of nitrogens with one attached hydrogen (secondary N) is 1. The Morgan fingerprint density at radius 2 is 2.16 bits per heavy atom. The third-order valence-corrected chi connectivity index (χ3v) is 5.73. The first-order valence-corrected chi connectivity index (χ1v) is 9.17. The van der Waals surface area contributed by atoms with Crippen molar-refractivity contribution < 1.29 is 4.79 Å². The second kappa shape index (κ2) is 5.81. The van der Waals surface area contributed by atoms with Gasteiger partial charge in [-0.1, -0.05) is 29.8 Å². The number of benzene rings is 1. The van der Waals surface area contributed by atoms with E-state index in [0.717, 1.165) is 24.0 Å². The number of amides is 1. The monoisotopic (exact) mass is 353 g/mol. The molecular formula is C19H19N3O2S. The van der Waals surface area contributed by atoms with E-state index in [1.54, 1.807) is 11.9 Å². The van der Waals surface area contributed by atoms with E-state index in [1.165, 1.54) is 11.3 Å². The molecule has 25 heavy (non-hydrogen) atoms. The van der Waals surface area contributed by atoms with E-state index in [4.69, 9.17) is 0 Å². The Kier molecular flexibility index (Phi) is 3.72. The fourth-order valence-electron chi connectivity index (χ4n) is 3.35. The smallest absolute Gasteiger partial charge is 0.268 e. The van der Waals surface area contributed by atoms with Crippen molar-refractivity contribution in [3.63, 3.8) is 0 Å². The van der Waals surface area contributed by atoms with Crippen LogP contribution in [-0.4, -0.2) is 27.8 Å². The Labute approximate surface area is 149 Å². The van der Waals surface area contributed by atoms with Crippen LogP contribution in [0.15, 0.2) is 40.5 Å². The van der Waals surface area contributed by atoms with Gasteiger partial charge in [-0.3, -0.25) is 9.59 Å². The predicted octanol–water partition coefficient (Wildman–Crippen LogP) is 2.98. The third-order valence-electron chi connectivity index (χ3n) is 4.83. The molecule has 0 radical (unpaired) electrons. The fraction of sp³-hybridized carbons (Fsp3) is 0.316. The van der Waals surface area contributed by atoms with Gasteiger partial charge in [-0.25, -0.2) is 4.98 Å². The summed E-state index contributed by atoms with van der Waals surface area (Å²) in [6, 6.07) is 10.00. The van der Waals surface area contributed by atoms with Crippen LogP contribution in [0.4, 0.5) is 0 Å². The second-order valence-electron chi connectivity index (χ2n) is 6.76. The zero-order valence-electron chi connectivity index (χ0n) is 14.2. The molecular weight excluding hydrogens is 334 g/mol. The van der Waals surface area contributed by atoms with E-state index in [-0.39, 0.29) is 11.5 Å². The van der Waals surface area contributed by atoms with E-state index in [0.29, 0.717) is 22.6 Å². The Morgan fingerprint density at radius 1 is 1.36 bits per heavy atom. The maximum atomic E-state index is 13.1. The van der Waals surface area contributed by atoms with Gasteiger partial charge in [0, 0.05) is 7.05 Å². The molecule has 1 fully saturated rings. The predicted molar refractivity (Wildman–Crippen MR) is 98.8 cm³/mol. The zero-order valence-corrected chi connectivity index (χ0v) is 15.0. The van der Waals surface area contributed by atoms with Gasteiger partial charge in [-0.05, 0) is 36.8 Å². The van der Waals surface area contributed by atoms with Gasteiger partial charge in [-0.2, -0.15) is 0 Å². The van der Waals surface area contributed by atoms with Gasteiger partial charge >= 0.3 is 0 Å². The van der Waals surface area contributed by atoms with E-state index >= 15 is 0 Å². The van der Waals surface area contributed by atoms with Crippen molar-refractivity contribution >= 4 is 27.5 Å². The summed E-state index contributed by atoms with van der Waals surface area (Å²) in [4.78, 5) is 34.1. The van der Waals surface area contributed by atoms with Gasteiger partial charge in [0.05, 0.1) is 17.5 Å². The minimum absolute atomic E-state index is 0.0890. The van der Waals surface area contributed by atoms with Crippen LogP contribution < -0.4 is 5.56 Å². The largest absolute Gasteiger partial charge is 0.338 e. The molecule has 1 aromatic carbocycles. The number of thiophene rings is 1. The molecule has 0 saturated heterocycles. The quantitative estimate of drug-likeness (QED) is 0.784. The van der Waals surface area contributed by atoms with Crippen molar-refractivity contribution in [2.75, 3.05) is 7.05 Å². The average Bonchev–Trinajstić information content (AvgIpc) is 3.26. The minimum atomic E-state index is -0.409. The number of H-pyrrole nitrogens is 1. The summed E-state index contributed by atoms with van der Waals surface area (Å²) in [5, 5.41) is 1.85. The molecule has 4 rings (SSSR count). The number of aromatic nitrogens is 2. The lowest BCUT2D eigenvalue weighted by molar-refractivity contribution is -0.133. The molecule has 0 aliphatic heterocycles. The van der Waals surface area contributed by atoms with Gasteiger partial charge in [0.25, 0.3) is 5.56 Å². The number of aryl methyl sites for hydroxylation is 1. The van der Waals surface area contributed by atoms with Crippen LogP contribution in [0.5, 0.6) is 0 Å². The van der Waals surface area contributed by atoms with Crippen LogP contribution in [0.1, 0.15) is 29.8 Å². The molecule has 0 bridgehead atoms. The molecule has 3 aromatic rings. The normalized spacial score (nSPS) is 15.3. The molecule has 1 aliphatic rings. The number of hydrogen-bond acceptors (Lipinski definition) is 4. The highest BCUT2D eigenvalue weighted by molar-refractivity contribution is 7.17. The van der Waals surface area contributed by atoms with Crippen LogP contribution in [-0.2, 0) is 16.8 Å². The van der Waals surface area contributed by atoms with Crippen molar-refractivity contribution in [2.24, 2.45) is 0 Å². The summed E-state index contributed by atoms with van der Waals surface area (Å²) in [6.07, 6.45) is 1.74. The molecule has 2 heterocycles. The maximum absolute atomic E-state index is 13.1. The molecule has 0 unspecified atom stereocenters. The van der Waals surface area contributed by atoms with Gasteiger partial charge in [-0.15, -0.1) is 11.3 Å². The first-order valence-electron chi connectivity index (χ1n) is 8.29. The van der Waals surface area contributed by atoms with Gasteiger partial charge in [0.15, 0.2) is 0 Å². The summed E-state index contributed by atoms with van der Waals surface area (Å²) in [5.41, 5.74) is 2.38. The standard InChI is InChI=1S/C19H19N3O2S/c1-12-4-3-5-13(10-12)19(7-8-19)18(24)22(2)11-15-20-14-6-9-25-16(14)17(23)21-15/h3-6,9-10H,7-8,11H2,1-2H3,(H,20,21,23). The third kappa shape index (κ3) is 2.76. The highest BCUT2D eigenvalue weighted by atomic mass is 32.1. The Hall–Kier alpha value is -2.47. The number of rotatable bonds is 4. The summed E-state index contributed by atoms with van der Waals surface area (Å²) >= 11 is 1.37. The maximum Gasteiger partial charge on any atom is 0.268 e. The van der Waals surface area contributed by atoms with Crippen molar-refractivity contribution in [1.82, 2.24) is 14.9 Å². The van der Waals surface area contributed by atoms with Crippen LogP contribution in [0.25, 0.3) is 10.2 Å². The summed E-state index contributed by atoms with van der Waals surface area (Å²) in [7, 11) is 1.77. The number of hydrogen-bond donors (Lipinski definition) is 1. The topological polar surface area (TPSA) is 66.1 Å². The van der Waals surface area contributed by atoms with Gasteiger partial charge in [0.1, 0.15) is 10.5 Å². The highest BCUT2D eigenvalue weighted by Crippen LogP contribution is 2.49. The number of likely N-dealkylation sites (N-methyl/N-ethyl adjacent to an activating group) is 1. The lowest BCUT2D eigenvalue weighted by Gasteiger charge is -2.23. The molecule has 5 nitrogen and oxygen atoms in total. The number of aromatic amines is 1. The highest BCUT2D eigenvalue weighted by Gasteiger charge is 2.52. The van der Waals surface area contributed by atoms with Crippen molar-refractivity contribution in [1.29, 1.82) is 0 Å². The number of carbonyl (C=O) groups excluding carboxylic acids is 1. The van der Waals surface area contributed by atoms with E-state index < -0.39 is 5.41 Å². The fourth-order valence-corrected chi connectivity index (χ4v) is 4.08. The number of fused-ring (bicyclic) bond motifs is 1. The molecule has 1 aliphatic carbocycles.